The van der Waals surface area contributed by atoms with Gasteiger partial charge in [0.05, 0.1) is 12.6 Å². The van der Waals surface area contributed by atoms with Crippen LogP contribution in [0.5, 0.6) is 0 Å². The van der Waals surface area contributed by atoms with Gasteiger partial charge in [-0.25, -0.2) is 8.78 Å². The molecule has 45 heavy (non-hydrogen) atoms. The van der Waals surface area contributed by atoms with E-state index in [1.165, 1.54) is 4.90 Å². The first-order chi connectivity index (χ1) is 21.4. The van der Waals surface area contributed by atoms with E-state index < -0.39 is 35.6 Å². The molecule has 0 radical (unpaired) electrons. The van der Waals surface area contributed by atoms with Gasteiger partial charge < -0.3 is 31.4 Å². The predicted octanol–water partition coefficient (Wildman–Crippen LogP) is 4.69. The third-order valence-electron chi connectivity index (χ3n) is 7.53. The Morgan fingerprint density at radius 3 is 2.11 bits per heavy atom. The SMILES string of the molecule is CCCN(CCC)C(=O)c1cc(C)cc(C(=O)N(C[C@@H](O)[C@@H](N)Cc2cc(F)cc(F)c2)c2ccc3cc(C(N)=O)[nH]c3c2)c1. The Hall–Kier alpha value is -4.61. The molecule has 0 aliphatic carbocycles. The number of hydrogen-bond donors (Lipinski definition) is 4. The summed E-state index contributed by atoms with van der Waals surface area (Å²) < 4.78 is 27.6. The molecule has 1 aromatic heterocycles. The number of aliphatic hydroxyl groups is 1. The monoisotopic (exact) mass is 619 g/mol. The fraction of sp³-hybridized carbons (Fsp3) is 0.324. The molecule has 1 heterocycles. The maximum atomic E-state index is 14.2. The number of H-pyrrole nitrogens is 1. The average Bonchev–Trinajstić information content (AvgIpc) is 3.42. The van der Waals surface area contributed by atoms with Crippen LogP contribution in [0, 0.1) is 18.6 Å². The number of benzene rings is 3. The molecule has 4 rings (SSSR count). The van der Waals surface area contributed by atoms with Crippen molar-refractivity contribution >= 4 is 34.3 Å². The molecule has 3 aromatic carbocycles. The van der Waals surface area contributed by atoms with Gasteiger partial charge in [0, 0.05) is 52.9 Å². The van der Waals surface area contributed by atoms with Crippen molar-refractivity contribution < 1.29 is 28.3 Å². The van der Waals surface area contributed by atoms with Gasteiger partial charge in [-0.2, -0.15) is 0 Å². The van der Waals surface area contributed by atoms with Crippen LogP contribution >= 0.6 is 0 Å². The molecule has 0 bridgehead atoms. The molecule has 0 saturated heterocycles. The molecule has 238 valence electrons. The van der Waals surface area contributed by atoms with E-state index >= 15 is 0 Å². The molecule has 0 unspecified atom stereocenters. The van der Waals surface area contributed by atoms with E-state index in [9.17, 15) is 28.3 Å². The van der Waals surface area contributed by atoms with Crippen molar-refractivity contribution in [2.75, 3.05) is 24.5 Å². The molecule has 0 saturated carbocycles. The number of anilines is 1. The van der Waals surface area contributed by atoms with E-state index in [2.05, 4.69) is 4.98 Å². The zero-order chi connectivity index (χ0) is 32.8. The zero-order valence-corrected chi connectivity index (χ0v) is 25.6. The number of aromatic amines is 1. The lowest BCUT2D eigenvalue weighted by Crippen LogP contribution is -2.47. The number of carbonyl (C=O) groups excluding carboxylic acids is 3. The van der Waals surface area contributed by atoms with Crippen molar-refractivity contribution in [3.63, 3.8) is 0 Å². The van der Waals surface area contributed by atoms with Crippen molar-refractivity contribution in [1.82, 2.24) is 9.88 Å². The van der Waals surface area contributed by atoms with E-state index in [1.54, 1.807) is 54.3 Å². The van der Waals surface area contributed by atoms with Gasteiger partial charge in [-0.1, -0.05) is 19.9 Å². The minimum atomic E-state index is -1.31. The van der Waals surface area contributed by atoms with Crippen molar-refractivity contribution in [3.05, 3.63) is 100 Å². The van der Waals surface area contributed by atoms with Crippen LogP contribution in [-0.4, -0.2) is 64.5 Å². The number of halogens is 2. The van der Waals surface area contributed by atoms with Crippen LogP contribution in [0.25, 0.3) is 10.9 Å². The fourth-order valence-corrected chi connectivity index (χ4v) is 5.40. The van der Waals surface area contributed by atoms with Crippen LogP contribution in [0.2, 0.25) is 0 Å². The second-order valence-corrected chi connectivity index (χ2v) is 11.3. The standard InChI is InChI=1S/C34H39F2N5O4/c1-4-8-40(9-5-2)33(44)23-10-20(3)11-24(15-23)34(45)41(27-7-6-22-16-30(32(38)43)39-29(22)18-27)19-31(42)28(37)14-21-12-25(35)17-26(36)13-21/h6-7,10-13,15-18,28,31,39,42H,4-5,8-9,14,19,37H2,1-3H3,(H2,38,43)/t28-,31+/m0/s1. The van der Waals surface area contributed by atoms with Gasteiger partial charge in [0.25, 0.3) is 17.7 Å². The van der Waals surface area contributed by atoms with Crippen LogP contribution in [0.3, 0.4) is 0 Å². The zero-order valence-electron chi connectivity index (χ0n) is 25.6. The molecule has 6 N–H and O–H groups in total. The highest BCUT2D eigenvalue weighted by molar-refractivity contribution is 6.09. The Balaban J connectivity index is 1.71. The van der Waals surface area contributed by atoms with Gasteiger partial charge in [-0.3, -0.25) is 14.4 Å². The van der Waals surface area contributed by atoms with E-state index in [4.69, 9.17) is 11.5 Å². The van der Waals surface area contributed by atoms with Crippen LogP contribution in [0.15, 0.2) is 60.7 Å². The summed E-state index contributed by atoms with van der Waals surface area (Å²) in [6.45, 7) is 6.67. The third-order valence-corrected chi connectivity index (χ3v) is 7.53. The Morgan fingerprint density at radius 2 is 1.51 bits per heavy atom. The summed E-state index contributed by atoms with van der Waals surface area (Å²) in [6.07, 6.45) is 0.215. The Labute approximate surface area is 260 Å². The first-order valence-electron chi connectivity index (χ1n) is 14.9. The summed E-state index contributed by atoms with van der Waals surface area (Å²) in [7, 11) is 0. The predicted molar refractivity (Wildman–Crippen MR) is 170 cm³/mol. The molecule has 0 fully saturated rings. The van der Waals surface area contributed by atoms with Gasteiger partial charge in [0.15, 0.2) is 0 Å². The second kappa shape index (κ2) is 14.4. The van der Waals surface area contributed by atoms with E-state index in [1.807, 2.05) is 13.8 Å². The minimum absolute atomic E-state index is 0.0523. The summed E-state index contributed by atoms with van der Waals surface area (Å²) in [4.78, 5) is 45.4. The molecule has 3 amide bonds. The number of nitrogens with two attached hydrogens (primary N) is 2. The van der Waals surface area contributed by atoms with Crippen LogP contribution in [0.1, 0.15) is 69.0 Å². The highest BCUT2D eigenvalue weighted by atomic mass is 19.1. The van der Waals surface area contributed by atoms with Crippen LogP contribution < -0.4 is 16.4 Å². The van der Waals surface area contributed by atoms with Crippen molar-refractivity contribution in [3.8, 4) is 0 Å². The number of aryl methyl sites for hydroxylation is 1. The van der Waals surface area contributed by atoms with Crippen molar-refractivity contribution in [2.24, 2.45) is 11.5 Å². The lowest BCUT2D eigenvalue weighted by Gasteiger charge is -2.29. The topological polar surface area (TPSA) is 146 Å². The summed E-state index contributed by atoms with van der Waals surface area (Å²) in [6, 6.07) is 13.6. The maximum absolute atomic E-state index is 14.2. The first kappa shape index (κ1) is 33.3. The number of nitrogens with one attached hydrogen (secondary N) is 1. The quantitative estimate of drug-likeness (QED) is 0.172. The molecule has 0 aliphatic heterocycles. The summed E-state index contributed by atoms with van der Waals surface area (Å²) >= 11 is 0. The average molecular weight is 620 g/mol. The molecule has 2 atom stereocenters. The second-order valence-electron chi connectivity index (χ2n) is 11.3. The molecule has 0 aliphatic rings. The molecule has 4 aromatic rings. The highest BCUT2D eigenvalue weighted by Gasteiger charge is 2.27. The maximum Gasteiger partial charge on any atom is 0.265 e. The number of hydrogen-bond acceptors (Lipinski definition) is 5. The number of carbonyl (C=O) groups is 3. The number of aliphatic hydroxyl groups excluding tert-OH is 1. The molecular formula is C34H39F2N5O4. The molecule has 9 nitrogen and oxygen atoms in total. The van der Waals surface area contributed by atoms with Gasteiger partial charge in [0.1, 0.15) is 17.3 Å². The molecule has 11 heteroatoms. The highest BCUT2D eigenvalue weighted by Crippen LogP contribution is 2.26. The normalized spacial score (nSPS) is 12.6. The number of fused-ring (bicyclic) bond motifs is 1. The third kappa shape index (κ3) is 8.11. The van der Waals surface area contributed by atoms with Gasteiger partial charge >= 0.3 is 0 Å². The fourth-order valence-electron chi connectivity index (χ4n) is 5.40. The number of nitrogens with zero attached hydrogens (tertiary/aromatic N) is 2. The Morgan fingerprint density at radius 1 is 0.889 bits per heavy atom. The smallest absolute Gasteiger partial charge is 0.265 e. The van der Waals surface area contributed by atoms with E-state index in [0.29, 0.717) is 40.8 Å². The van der Waals surface area contributed by atoms with Crippen LogP contribution in [-0.2, 0) is 6.42 Å². The largest absolute Gasteiger partial charge is 0.390 e. The Bertz CT molecular complexity index is 1680. The van der Waals surface area contributed by atoms with Crippen LogP contribution in [0.4, 0.5) is 14.5 Å². The number of aromatic nitrogens is 1. The van der Waals surface area contributed by atoms with Gasteiger partial charge in [0.2, 0.25) is 0 Å². The van der Waals surface area contributed by atoms with Crippen molar-refractivity contribution in [2.45, 2.75) is 52.2 Å². The lowest BCUT2D eigenvalue weighted by molar-refractivity contribution is 0.0755. The van der Waals surface area contributed by atoms with Gasteiger partial charge in [-0.05, 0) is 85.8 Å². The number of rotatable bonds is 13. The van der Waals surface area contributed by atoms with Crippen molar-refractivity contribution in [1.29, 1.82) is 0 Å². The summed E-state index contributed by atoms with van der Waals surface area (Å²) in [5.74, 6) is -2.86. The van der Waals surface area contributed by atoms with E-state index in [-0.39, 0.29) is 35.7 Å². The Kier molecular flexibility index (Phi) is 10.7. The van der Waals surface area contributed by atoms with E-state index in [0.717, 1.165) is 31.0 Å². The summed E-state index contributed by atoms with van der Waals surface area (Å²) in [5, 5.41) is 11.9. The number of primary amides is 1. The minimum Gasteiger partial charge on any atom is -0.390 e. The molecular weight excluding hydrogens is 580 g/mol. The number of amides is 3. The molecule has 0 spiro atoms. The van der Waals surface area contributed by atoms with Gasteiger partial charge in [-0.15, -0.1) is 0 Å². The first-order valence-corrected chi connectivity index (χ1v) is 14.9. The summed E-state index contributed by atoms with van der Waals surface area (Å²) in [5.41, 5.74) is 14.4. The lowest BCUT2D eigenvalue weighted by atomic mass is 10.00.